The lowest BCUT2D eigenvalue weighted by molar-refractivity contribution is 0.100. The molecule has 3 heterocycles. The van der Waals surface area contributed by atoms with E-state index in [1.165, 1.54) is 23.6 Å². The number of carbonyl (C=O) groups excluding carboxylic acids is 1. The predicted molar refractivity (Wildman–Crippen MR) is 143 cm³/mol. The van der Waals surface area contributed by atoms with Crippen molar-refractivity contribution in [2.75, 3.05) is 50.6 Å². The SMILES string of the molecule is COc1cc(Nc2ncc(F)c(-n3cc(C(N)=O)c4ccccc43)n2)ccc1N(C)CCN1CCCC1. The summed E-state index contributed by atoms with van der Waals surface area (Å²) in [4.78, 5) is 25.1. The van der Waals surface area contributed by atoms with E-state index in [9.17, 15) is 9.18 Å². The highest BCUT2D eigenvalue weighted by atomic mass is 19.1. The van der Waals surface area contributed by atoms with Crippen molar-refractivity contribution < 1.29 is 13.9 Å². The van der Waals surface area contributed by atoms with E-state index in [2.05, 4.69) is 32.1 Å². The van der Waals surface area contributed by atoms with Gasteiger partial charge in [0.25, 0.3) is 5.91 Å². The molecule has 0 spiro atoms. The molecule has 1 aliphatic heterocycles. The highest BCUT2D eigenvalue weighted by Crippen LogP contribution is 2.32. The monoisotopic (exact) mass is 503 g/mol. The maximum Gasteiger partial charge on any atom is 0.250 e. The number of primary amides is 1. The number of para-hydroxylation sites is 1. The van der Waals surface area contributed by atoms with Crippen LogP contribution in [-0.2, 0) is 0 Å². The van der Waals surface area contributed by atoms with E-state index in [-0.39, 0.29) is 17.3 Å². The van der Waals surface area contributed by atoms with Gasteiger partial charge in [-0.2, -0.15) is 4.98 Å². The molecule has 10 heteroatoms. The predicted octanol–water partition coefficient (Wildman–Crippen LogP) is 3.94. The van der Waals surface area contributed by atoms with Gasteiger partial charge in [0.15, 0.2) is 11.6 Å². The third-order valence-electron chi connectivity index (χ3n) is 6.73. The Hall–Kier alpha value is -4.18. The number of halogens is 1. The van der Waals surface area contributed by atoms with Crippen LogP contribution in [0.15, 0.2) is 54.9 Å². The van der Waals surface area contributed by atoms with Gasteiger partial charge >= 0.3 is 0 Å². The minimum absolute atomic E-state index is 0.00595. The zero-order valence-corrected chi connectivity index (χ0v) is 20.9. The highest BCUT2D eigenvalue weighted by Gasteiger charge is 2.18. The first-order valence-electron chi connectivity index (χ1n) is 12.3. The average Bonchev–Trinajstić information content (AvgIpc) is 3.56. The Morgan fingerprint density at radius 2 is 2.00 bits per heavy atom. The number of aromatic nitrogens is 3. The first kappa shape index (κ1) is 24.5. The highest BCUT2D eigenvalue weighted by molar-refractivity contribution is 6.06. The summed E-state index contributed by atoms with van der Waals surface area (Å²) < 4.78 is 22.0. The number of nitrogens with two attached hydrogens (primary N) is 1. The van der Waals surface area contributed by atoms with E-state index in [0.29, 0.717) is 22.3 Å². The fourth-order valence-corrected chi connectivity index (χ4v) is 4.76. The molecule has 1 saturated heterocycles. The summed E-state index contributed by atoms with van der Waals surface area (Å²) in [7, 11) is 3.69. The number of ether oxygens (including phenoxy) is 1. The minimum Gasteiger partial charge on any atom is -0.495 e. The summed E-state index contributed by atoms with van der Waals surface area (Å²) >= 11 is 0. The van der Waals surface area contributed by atoms with Crippen molar-refractivity contribution in [3.8, 4) is 11.6 Å². The number of fused-ring (bicyclic) bond motifs is 1. The van der Waals surface area contributed by atoms with Crippen LogP contribution in [0.2, 0.25) is 0 Å². The first-order chi connectivity index (χ1) is 17.9. The third-order valence-corrected chi connectivity index (χ3v) is 6.73. The van der Waals surface area contributed by atoms with Crippen molar-refractivity contribution in [1.29, 1.82) is 0 Å². The molecule has 2 aromatic carbocycles. The van der Waals surface area contributed by atoms with Crippen LogP contribution < -0.4 is 20.7 Å². The zero-order chi connectivity index (χ0) is 25.9. The standard InChI is InChI=1S/C27H30FN7O2/c1-33(13-14-34-11-5-6-12-34)23-10-9-18(15-24(23)37-2)31-27-30-16-21(28)26(32-27)35-17-20(25(29)36)19-7-3-4-8-22(19)35/h3-4,7-10,15-17H,5-6,11-14H2,1-2H3,(H2,29,36)(H,30,31,32). The number of benzene rings is 2. The number of methoxy groups -OCH3 is 1. The van der Waals surface area contributed by atoms with Gasteiger partial charge in [-0.05, 0) is 44.1 Å². The number of rotatable bonds is 9. The number of hydrogen-bond acceptors (Lipinski definition) is 7. The van der Waals surface area contributed by atoms with Crippen molar-refractivity contribution in [2.24, 2.45) is 5.73 Å². The van der Waals surface area contributed by atoms with Crippen molar-refractivity contribution in [3.05, 3.63) is 66.2 Å². The summed E-state index contributed by atoms with van der Waals surface area (Å²) in [5.41, 5.74) is 8.12. The number of amides is 1. The van der Waals surface area contributed by atoms with Crippen molar-refractivity contribution >= 4 is 34.1 Å². The summed E-state index contributed by atoms with van der Waals surface area (Å²) in [5.74, 6) is -0.313. The molecule has 0 bridgehead atoms. The molecule has 0 radical (unpaired) electrons. The molecular formula is C27H30FN7O2. The molecule has 0 unspecified atom stereocenters. The Labute approximate surface area is 214 Å². The summed E-state index contributed by atoms with van der Waals surface area (Å²) in [6, 6.07) is 12.9. The summed E-state index contributed by atoms with van der Waals surface area (Å²) in [6.07, 6.45) is 5.14. The number of hydrogen-bond donors (Lipinski definition) is 2. The average molecular weight is 504 g/mol. The van der Waals surface area contributed by atoms with E-state index in [1.807, 2.05) is 18.2 Å². The van der Waals surface area contributed by atoms with Crippen LogP contribution in [0.25, 0.3) is 16.7 Å². The van der Waals surface area contributed by atoms with Gasteiger partial charge in [-0.15, -0.1) is 0 Å². The maximum absolute atomic E-state index is 14.9. The van der Waals surface area contributed by atoms with Crippen LogP contribution in [0.1, 0.15) is 23.2 Å². The zero-order valence-electron chi connectivity index (χ0n) is 20.9. The normalized spacial score (nSPS) is 13.7. The van der Waals surface area contributed by atoms with Crippen molar-refractivity contribution in [1.82, 2.24) is 19.4 Å². The lowest BCUT2D eigenvalue weighted by Gasteiger charge is -2.25. The lowest BCUT2D eigenvalue weighted by Crippen LogP contribution is -2.31. The molecule has 37 heavy (non-hydrogen) atoms. The molecule has 2 aromatic heterocycles. The second-order valence-electron chi connectivity index (χ2n) is 9.14. The number of likely N-dealkylation sites (tertiary alicyclic amines) is 1. The van der Waals surface area contributed by atoms with Crippen LogP contribution in [0.4, 0.5) is 21.7 Å². The molecule has 0 aliphatic carbocycles. The molecule has 0 atom stereocenters. The molecule has 9 nitrogen and oxygen atoms in total. The molecule has 1 fully saturated rings. The fraction of sp³-hybridized carbons (Fsp3) is 0.296. The Balaban J connectivity index is 1.39. The number of carbonyl (C=O) groups is 1. The van der Waals surface area contributed by atoms with Gasteiger partial charge in [0, 0.05) is 43.5 Å². The van der Waals surface area contributed by atoms with Crippen LogP contribution in [-0.4, -0.2) is 65.7 Å². The molecule has 1 amide bonds. The Kier molecular flexibility index (Phi) is 6.91. The van der Waals surface area contributed by atoms with Crippen molar-refractivity contribution in [2.45, 2.75) is 12.8 Å². The molecule has 4 aromatic rings. The van der Waals surface area contributed by atoms with Crippen molar-refractivity contribution in [3.63, 3.8) is 0 Å². The minimum atomic E-state index is -0.630. The Morgan fingerprint density at radius 3 is 2.76 bits per heavy atom. The smallest absolute Gasteiger partial charge is 0.250 e. The fourth-order valence-electron chi connectivity index (χ4n) is 4.76. The van der Waals surface area contributed by atoms with Gasteiger partial charge in [-0.3, -0.25) is 9.36 Å². The second kappa shape index (κ2) is 10.4. The van der Waals surface area contributed by atoms with E-state index in [4.69, 9.17) is 10.5 Å². The third kappa shape index (κ3) is 5.05. The van der Waals surface area contributed by atoms with Gasteiger partial charge in [-0.1, -0.05) is 18.2 Å². The molecule has 192 valence electrons. The molecule has 3 N–H and O–H groups in total. The molecule has 0 saturated carbocycles. The van der Waals surface area contributed by atoms with E-state index >= 15 is 0 Å². The van der Waals surface area contributed by atoms with Gasteiger partial charge in [-0.25, -0.2) is 9.37 Å². The van der Waals surface area contributed by atoms with E-state index < -0.39 is 11.7 Å². The Bertz CT molecular complexity index is 1430. The topological polar surface area (TPSA) is 102 Å². The van der Waals surface area contributed by atoms with E-state index in [0.717, 1.165) is 38.1 Å². The summed E-state index contributed by atoms with van der Waals surface area (Å²) in [5, 5.41) is 3.76. The molecule has 1 aliphatic rings. The number of nitrogens with zero attached hydrogens (tertiary/aromatic N) is 5. The van der Waals surface area contributed by atoms with Gasteiger partial charge in [0.1, 0.15) is 5.75 Å². The molecular weight excluding hydrogens is 473 g/mol. The summed E-state index contributed by atoms with van der Waals surface area (Å²) in [6.45, 7) is 4.23. The van der Waals surface area contributed by atoms with Gasteiger partial charge in [0.2, 0.25) is 5.95 Å². The first-order valence-corrected chi connectivity index (χ1v) is 12.3. The quantitative estimate of drug-likeness (QED) is 0.357. The van der Waals surface area contributed by atoms with E-state index in [1.54, 1.807) is 31.4 Å². The van der Waals surface area contributed by atoms with Gasteiger partial charge < -0.3 is 25.6 Å². The Morgan fingerprint density at radius 1 is 1.22 bits per heavy atom. The number of nitrogens with one attached hydrogen (secondary N) is 1. The largest absolute Gasteiger partial charge is 0.495 e. The van der Waals surface area contributed by atoms with Crippen LogP contribution in [0, 0.1) is 5.82 Å². The molecule has 5 rings (SSSR count). The second-order valence-corrected chi connectivity index (χ2v) is 9.14. The van der Waals surface area contributed by atoms with Gasteiger partial charge in [0.05, 0.1) is 30.1 Å². The van der Waals surface area contributed by atoms with Crippen LogP contribution in [0.5, 0.6) is 5.75 Å². The van der Waals surface area contributed by atoms with Crippen LogP contribution in [0.3, 0.4) is 0 Å². The van der Waals surface area contributed by atoms with Crippen LogP contribution >= 0.6 is 0 Å². The lowest BCUT2D eigenvalue weighted by atomic mass is 10.2. The number of likely N-dealkylation sites (N-methyl/N-ethyl adjacent to an activating group) is 1. The maximum atomic E-state index is 14.9. The number of anilines is 3.